The van der Waals surface area contributed by atoms with Crippen LogP contribution in [0.1, 0.15) is 35.6 Å². The molecule has 0 spiro atoms. The van der Waals surface area contributed by atoms with Crippen LogP contribution in [-0.2, 0) is 0 Å². The van der Waals surface area contributed by atoms with Crippen LogP contribution in [0.4, 0.5) is 0 Å². The van der Waals surface area contributed by atoms with Crippen molar-refractivity contribution in [3.63, 3.8) is 0 Å². The third-order valence-electron chi connectivity index (χ3n) is 3.35. The molecule has 0 aliphatic carbocycles. The van der Waals surface area contributed by atoms with Gasteiger partial charge in [0.15, 0.2) is 0 Å². The van der Waals surface area contributed by atoms with Crippen LogP contribution in [0.15, 0.2) is 12.1 Å². The lowest BCUT2D eigenvalue weighted by Gasteiger charge is -2.18. The Balaban J connectivity index is 2.41. The molecule has 1 atom stereocenters. The Kier molecular flexibility index (Phi) is 2.96. The van der Waals surface area contributed by atoms with Gasteiger partial charge < -0.3 is 10.1 Å². The van der Waals surface area contributed by atoms with Gasteiger partial charge in [-0.25, -0.2) is 0 Å². The van der Waals surface area contributed by atoms with E-state index >= 15 is 0 Å². The van der Waals surface area contributed by atoms with Gasteiger partial charge >= 0.3 is 0 Å². The second-order valence-electron chi connectivity index (χ2n) is 4.28. The number of benzene rings is 1. The van der Waals surface area contributed by atoms with Gasteiger partial charge in [0.25, 0.3) is 0 Å². The number of methoxy groups -OCH3 is 1. The Morgan fingerprint density at radius 2 is 2.13 bits per heavy atom. The molecule has 0 aromatic heterocycles. The molecular formula is C13H19NO. The van der Waals surface area contributed by atoms with Gasteiger partial charge in [-0.15, -0.1) is 0 Å². The van der Waals surface area contributed by atoms with Crippen molar-refractivity contribution in [3.8, 4) is 5.75 Å². The fourth-order valence-corrected chi connectivity index (χ4v) is 2.31. The highest BCUT2D eigenvalue weighted by molar-refractivity contribution is 5.47. The van der Waals surface area contributed by atoms with Crippen molar-refractivity contribution in [1.29, 1.82) is 0 Å². The van der Waals surface area contributed by atoms with Crippen LogP contribution in [0.25, 0.3) is 0 Å². The average Bonchev–Trinajstić information content (AvgIpc) is 2.75. The number of ether oxygens (including phenoxy) is 1. The van der Waals surface area contributed by atoms with Crippen molar-refractivity contribution in [1.82, 2.24) is 5.32 Å². The van der Waals surface area contributed by atoms with Gasteiger partial charge in [0.2, 0.25) is 0 Å². The van der Waals surface area contributed by atoms with Gasteiger partial charge in [0, 0.05) is 11.6 Å². The van der Waals surface area contributed by atoms with Crippen LogP contribution in [0.5, 0.6) is 5.75 Å². The van der Waals surface area contributed by atoms with Gasteiger partial charge in [-0.1, -0.05) is 12.1 Å². The first kappa shape index (κ1) is 10.5. The normalized spacial score (nSPS) is 20.6. The quantitative estimate of drug-likeness (QED) is 0.801. The zero-order chi connectivity index (χ0) is 10.8. The summed E-state index contributed by atoms with van der Waals surface area (Å²) >= 11 is 0. The minimum absolute atomic E-state index is 0.485. The smallest absolute Gasteiger partial charge is 0.126 e. The summed E-state index contributed by atoms with van der Waals surface area (Å²) in [5, 5.41) is 3.51. The van der Waals surface area contributed by atoms with E-state index in [0.717, 1.165) is 12.3 Å². The summed E-state index contributed by atoms with van der Waals surface area (Å²) in [5.41, 5.74) is 3.88. The number of aryl methyl sites for hydroxylation is 1. The van der Waals surface area contributed by atoms with Crippen LogP contribution in [0, 0.1) is 13.8 Å². The first-order chi connectivity index (χ1) is 7.24. The highest BCUT2D eigenvalue weighted by Crippen LogP contribution is 2.34. The monoisotopic (exact) mass is 205 g/mol. The molecule has 0 amide bonds. The molecule has 0 saturated carbocycles. The molecule has 2 nitrogen and oxygen atoms in total. The van der Waals surface area contributed by atoms with E-state index in [1.807, 2.05) is 0 Å². The van der Waals surface area contributed by atoms with Crippen molar-refractivity contribution in [2.75, 3.05) is 13.7 Å². The predicted octanol–water partition coefficient (Wildman–Crippen LogP) is 2.74. The van der Waals surface area contributed by atoms with E-state index in [0.29, 0.717) is 6.04 Å². The molecule has 1 aliphatic rings. The lowest BCUT2D eigenvalue weighted by atomic mass is 9.98. The average molecular weight is 205 g/mol. The molecule has 1 aromatic carbocycles. The van der Waals surface area contributed by atoms with E-state index in [9.17, 15) is 0 Å². The SMILES string of the molecule is COc1c(C2CCCN2)ccc(C)c1C. The van der Waals surface area contributed by atoms with E-state index in [4.69, 9.17) is 4.74 Å². The topological polar surface area (TPSA) is 21.3 Å². The Labute approximate surface area is 91.6 Å². The lowest BCUT2D eigenvalue weighted by molar-refractivity contribution is 0.400. The van der Waals surface area contributed by atoms with Crippen LogP contribution in [0.2, 0.25) is 0 Å². The van der Waals surface area contributed by atoms with Crippen molar-refractivity contribution >= 4 is 0 Å². The molecule has 1 N–H and O–H groups in total. The molecule has 1 aromatic rings. The summed E-state index contributed by atoms with van der Waals surface area (Å²) in [6.45, 7) is 5.39. The van der Waals surface area contributed by atoms with Crippen molar-refractivity contribution < 1.29 is 4.74 Å². The van der Waals surface area contributed by atoms with Gasteiger partial charge in [0.1, 0.15) is 5.75 Å². The molecule has 1 fully saturated rings. The second-order valence-corrected chi connectivity index (χ2v) is 4.28. The van der Waals surface area contributed by atoms with E-state index in [2.05, 4.69) is 31.3 Å². The Morgan fingerprint density at radius 3 is 2.73 bits per heavy atom. The van der Waals surface area contributed by atoms with Crippen molar-refractivity contribution in [2.45, 2.75) is 32.7 Å². The Morgan fingerprint density at radius 1 is 1.33 bits per heavy atom. The molecule has 2 heteroatoms. The molecule has 0 bridgehead atoms. The van der Waals surface area contributed by atoms with E-state index < -0.39 is 0 Å². The lowest BCUT2D eigenvalue weighted by Crippen LogP contribution is -2.14. The highest BCUT2D eigenvalue weighted by atomic mass is 16.5. The molecular weight excluding hydrogens is 186 g/mol. The summed E-state index contributed by atoms with van der Waals surface area (Å²) in [5.74, 6) is 1.06. The van der Waals surface area contributed by atoms with Crippen LogP contribution < -0.4 is 10.1 Å². The zero-order valence-corrected chi connectivity index (χ0v) is 9.76. The van der Waals surface area contributed by atoms with Crippen LogP contribution >= 0.6 is 0 Å². The molecule has 1 aliphatic heterocycles. The zero-order valence-electron chi connectivity index (χ0n) is 9.76. The minimum Gasteiger partial charge on any atom is -0.496 e. The number of rotatable bonds is 2. The third kappa shape index (κ3) is 1.86. The maximum atomic E-state index is 5.53. The van der Waals surface area contributed by atoms with Crippen LogP contribution in [-0.4, -0.2) is 13.7 Å². The number of hydrogen-bond donors (Lipinski definition) is 1. The van der Waals surface area contributed by atoms with Crippen LogP contribution in [0.3, 0.4) is 0 Å². The molecule has 0 radical (unpaired) electrons. The Hall–Kier alpha value is -1.02. The summed E-state index contributed by atoms with van der Waals surface area (Å²) < 4.78 is 5.53. The fraction of sp³-hybridized carbons (Fsp3) is 0.538. The molecule has 82 valence electrons. The minimum atomic E-state index is 0.485. The van der Waals surface area contributed by atoms with E-state index in [1.165, 1.54) is 29.5 Å². The van der Waals surface area contributed by atoms with Gasteiger partial charge in [-0.2, -0.15) is 0 Å². The standard InChI is InChI=1S/C13H19NO/c1-9-6-7-11(12-5-4-8-14-12)13(15-3)10(9)2/h6-7,12,14H,4-5,8H2,1-3H3. The number of nitrogens with one attached hydrogen (secondary N) is 1. The third-order valence-corrected chi connectivity index (χ3v) is 3.35. The van der Waals surface area contributed by atoms with Crippen molar-refractivity contribution in [2.24, 2.45) is 0 Å². The maximum Gasteiger partial charge on any atom is 0.126 e. The Bertz CT molecular complexity index is 354. The second kappa shape index (κ2) is 4.23. The van der Waals surface area contributed by atoms with E-state index in [-0.39, 0.29) is 0 Å². The van der Waals surface area contributed by atoms with Gasteiger partial charge in [-0.05, 0) is 44.4 Å². The molecule has 1 unspecified atom stereocenters. The molecule has 2 rings (SSSR count). The largest absolute Gasteiger partial charge is 0.496 e. The first-order valence-corrected chi connectivity index (χ1v) is 5.61. The predicted molar refractivity (Wildman–Crippen MR) is 62.4 cm³/mol. The first-order valence-electron chi connectivity index (χ1n) is 5.61. The summed E-state index contributed by atoms with van der Waals surface area (Å²) in [6, 6.07) is 4.87. The summed E-state index contributed by atoms with van der Waals surface area (Å²) in [6.07, 6.45) is 2.49. The fourth-order valence-electron chi connectivity index (χ4n) is 2.31. The molecule has 15 heavy (non-hydrogen) atoms. The highest BCUT2D eigenvalue weighted by Gasteiger charge is 2.21. The van der Waals surface area contributed by atoms with Gasteiger partial charge in [-0.3, -0.25) is 0 Å². The molecule has 1 heterocycles. The van der Waals surface area contributed by atoms with Crippen molar-refractivity contribution in [3.05, 3.63) is 28.8 Å². The molecule has 1 saturated heterocycles. The number of hydrogen-bond acceptors (Lipinski definition) is 2. The summed E-state index contributed by atoms with van der Waals surface area (Å²) in [4.78, 5) is 0. The maximum absolute atomic E-state index is 5.53. The van der Waals surface area contributed by atoms with Gasteiger partial charge in [0.05, 0.1) is 7.11 Å². The summed E-state index contributed by atoms with van der Waals surface area (Å²) in [7, 11) is 1.76. The van der Waals surface area contributed by atoms with E-state index in [1.54, 1.807) is 7.11 Å².